The maximum Gasteiger partial charge on any atom is 0.137 e. The van der Waals surface area contributed by atoms with Crippen LogP contribution in [0.3, 0.4) is 0 Å². The summed E-state index contributed by atoms with van der Waals surface area (Å²) in [5.74, 6) is 0.737. The summed E-state index contributed by atoms with van der Waals surface area (Å²) in [6.07, 6.45) is 0.832. The molecule has 2 rings (SSSR count). The summed E-state index contributed by atoms with van der Waals surface area (Å²) in [5, 5.41) is 7.80. The second kappa shape index (κ2) is 5.44. The molecule has 0 radical (unpaired) electrons. The lowest BCUT2D eigenvalue weighted by atomic mass is 10.1. The Morgan fingerprint density at radius 2 is 2.06 bits per heavy atom. The topological polar surface area (TPSA) is 37.9 Å². The fraction of sp³-hybridized carbons (Fsp3) is 0.357. The quantitative estimate of drug-likeness (QED) is 0.916. The van der Waals surface area contributed by atoms with E-state index in [1.54, 1.807) is 0 Å². The summed E-state index contributed by atoms with van der Waals surface area (Å²) in [6, 6.07) is 5.81. The van der Waals surface area contributed by atoms with Crippen molar-refractivity contribution in [3.05, 3.63) is 45.7 Å². The van der Waals surface area contributed by atoms with Crippen LogP contribution in [-0.2, 0) is 6.42 Å². The predicted octanol–water partition coefficient (Wildman–Crippen LogP) is 3.61. The third-order valence-electron chi connectivity index (χ3n) is 2.98. The van der Waals surface area contributed by atoms with E-state index < -0.39 is 0 Å². The Morgan fingerprint density at radius 1 is 1.28 bits per heavy atom. The Morgan fingerprint density at radius 3 is 2.67 bits per heavy atom. The van der Waals surface area contributed by atoms with E-state index in [0.717, 1.165) is 29.1 Å². The highest BCUT2D eigenvalue weighted by Gasteiger charge is 2.07. The fourth-order valence-corrected chi connectivity index (χ4v) is 2.22. The lowest BCUT2D eigenvalue weighted by Crippen LogP contribution is -2.03. The molecule has 1 aromatic heterocycles. The lowest BCUT2D eigenvalue weighted by molar-refractivity contribution is 0.321. The van der Waals surface area contributed by atoms with E-state index in [-0.39, 0.29) is 0 Å². The first-order chi connectivity index (χ1) is 8.58. The van der Waals surface area contributed by atoms with Crippen molar-refractivity contribution in [2.75, 3.05) is 6.61 Å². The minimum Gasteiger partial charge on any atom is -0.492 e. The molecule has 0 amide bonds. The number of aromatic amines is 1. The predicted molar refractivity (Wildman–Crippen MR) is 73.4 cm³/mol. The van der Waals surface area contributed by atoms with Crippen LogP contribution in [0.25, 0.3) is 0 Å². The minimum atomic E-state index is 0.601. The van der Waals surface area contributed by atoms with Crippen molar-refractivity contribution in [2.45, 2.75) is 27.2 Å². The number of ether oxygens (including phenoxy) is 1. The third kappa shape index (κ3) is 2.85. The van der Waals surface area contributed by atoms with Gasteiger partial charge in [0.25, 0.3) is 0 Å². The number of nitrogens with one attached hydrogen (secondary N) is 1. The number of rotatable bonds is 4. The highest BCUT2D eigenvalue weighted by molar-refractivity contribution is 6.32. The molecule has 0 fully saturated rings. The van der Waals surface area contributed by atoms with E-state index in [9.17, 15) is 0 Å². The number of halogens is 1. The van der Waals surface area contributed by atoms with E-state index in [2.05, 4.69) is 10.2 Å². The van der Waals surface area contributed by atoms with Crippen molar-refractivity contribution in [1.82, 2.24) is 10.2 Å². The van der Waals surface area contributed by atoms with Gasteiger partial charge in [0.1, 0.15) is 5.75 Å². The monoisotopic (exact) mass is 264 g/mol. The van der Waals surface area contributed by atoms with Crippen LogP contribution >= 0.6 is 11.6 Å². The summed E-state index contributed by atoms with van der Waals surface area (Å²) in [5.41, 5.74) is 4.49. The Bertz CT molecular complexity index is 529. The number of nitrogens with zero attached hydrogens (tertiary/aromatic N) is 1. The molecule has 96 valence electrons. The normalized spacial score (nSPS) is 10.7. The molecule has 1 aromatic carbocycles. The first-order valence-corrected chi connectivity index (χ1v) is 6.35. The van der Waals surface area contributed by atoms with Crippen molar-refractivity contribution in [3.8, 4) is 5.75 Å². The van der Waals surface area contributed by atoms with Crippen molar-refractivity contribution >= 4 is 11.6 Å². The SMILES string of the molecule is Cc1ccc(OCCc2c(C)n[nH]c2C)c(Cl)c1. The number of aryl methyl sites for hydroxylation is 3. The van der Waals surface area contributed by atoms with Crippen LogP contribution in [0.4, 0.5) is 0 Å². The van der Waals surface area contributed by atoms with Gasteiger partial charge >= 0.3 is 0 Å². The molecule has 1 heterocycles. The van der Waals surface area contributed by atoms with Crippen molar-refractivity contribution in [3.63, 3.8) is 0 Å². The molecule has 0 aliphatic heterocycles. The Balaban J connectivity index is 1.96. The largest absolute Gasteiger partial charge is 0.492 e. The van der Waals surface area contributed by atoms with E-state index in [1.807, 2.05) is 39.0 Å². The molecule has 4 heteroatoms. The van der Waals surface area contributed by atoms with Gasteiger partial charge in [-0.15, -0.1) is 0 Å². The number of aromatic nitrogens is 2. The standard InChI is InChI=1S/C14H17ClN2O/c1-9-4-5-14(13(15)8-9)18-7-6-12-10(2)16-17-11(12)3/h4-5,8H,6-7H2,1-3H3,(H,16,17). The van der Waals surface area contributed by atoms with Crippen molar-refractivity contribution in [1.29, 1.82) is 0 Å². The van der Waals surface area contributed by atoms with Crippen LogP contribution in [0.2, 0.25) is 5.02 Å². The summed E-state index contributed by atoms with van der Waals surface area (Å²) in [7, 11) is 0. The van der Waals surface area contributed by atoms with Crippen LogP contribution in [-0.4, -0.2) is 16.8 Å². The lowest BCUT2D eigenvalue weighted by Gasteiger charge is -2.08. The van der Waals surface area contributed by atoms with Gasteiger partial charge < -0.3 is 4.74 Å². The van der Waals surface area contributed by atoms with Crippen LogP contribution < -0.4 is 4.74 Å². The number of hydrogen-bond acceptors (Lipinski definition) is 2. The first kappa shape index (κ1) is 13.0. The Hall–Kier alpha value is -1.48. The highest BCUT2D eigenvalue weighted by atomic mass is 35.5. The van der Waals surface area contributed by atoms with Gasteiger partial charge in [0.05, 0.1) is 17.3 Å². The molecule has 0 aliphatic rings. The third-order valence-corrected chi connectivity index (χ3v) is 3.27. The smallest absolute Gasteiger partial charge is 0.137 e. The molecule has 2 aromatic rings. The minimum absolute atomic E-state index is 0.601. The average Bonchev–Trinajstić information content (AvgIpc) is 2.63. The van der Waals surface area contributed by atoms with E-state index in [1.165, 1.54) is 5.56 Å². The molecule has 0 bridgehead atoms. The fourth-order valence-electron chi connectivity index (χ4n) is 1.93. The zero-order chi connectivity index (χ0) is 13.1. The van der Waals surface area contributed by atoms with Crippen LogP contribution in [0.5, 0.6) is 5.75 Å². The van der Waals surface area contributed by atoms with Crippen molar-refractivity contribution in [2.24, 2.45) is 0 Å². The molecule has 3 nitrogen and oxygen atoms in total. The van der Waals surface area contributed by atoms with Crippen LogP contribution in [0.1, 0.15) is 22.5 Å². The van der Waals surface area contributed by atoms with E-state index >= 15 is 0 Å². The van der Waals surface area contributed by atoms with E-state index in [0.29, 0.717) is 11.6 Å². The average molecular weight is 265 g/mol. The van der Waals surface area contributed by atoms with Gasteiger partial charge in [-0.25, -0.2) is 0 Å². The van der Waals surface area contributed by atoms with Gasteiger partial charge in [0, 0.05) is 12.1 Å². The summed E-state index contributed by atoms with van der Waals surface area (Å²) < 4.78 is 5.70. The molecule has 0 unspecified atom stereocenters. The van der Waals surface area contributed by atoms with E-state index in [4.69, 9.17) is 16.3 Å². The molecule has 0 atom stereocenters. The second-order valence-corrected chi connectivity index (χ2v) is 4.85. The molecule has 18 heavy (non-hydrogen) atoms. The highest BCUT2D eigenvalue weighted by Crippen LogP contribution is 2.25. The summed E-state index contributed by atoms with van der Waals surface area (Å²) >= 11 is 6.11. The Labute approximate surface area is 112 Å². The zero-order valence-corrected chi connectivity index (χ0v) is 11.6. The first-order valence-electron chi connectivity index (χ1n) is 5.97. The molecule has 0 saturated heterocycles. The summed E-state index contributed by atoms with van der Waals surface area (Å²) in [4.78, 5) is 0. The van der Waals surface area contributed by atoms with Gasteiger partial charge in [0.2, 0.25) is 0 Å². The molecule has 0 saturated carbocycles. The van der Waals surface area contributed by atoms with Gasteiger partial charge in [-0.2, -0.15) is 5.10 Å². The maximum atomic E-state index is 6.11. The molecule has 0 aliphatic carbocycles. The van der Waals surface area contributed by atoms with Gasteiger partial charge in [0.15, 0.2) is 0 Å². The number of H-pyrrole nitrogens is 1. The number of benzene rings is 1. The molecule has 1 N–H and O–H groups in total. The van der Waals surface area contributed by atoms with Gasteiger partial charge in [-0.3, -0.25) is 5.10 Å². The summed E-state index contributed by atoms with van der Waals surface area (Å²) in [6.45, 7) is 6.63. The van der Waals surface area contributed by atoms with Crippen LogP contribution in [0, 0.1) is 20.8 Å². The van der Waals surface area contributed by atoms with Crippen molar-refractivity contribution < 1.29 is 4.74 Å². The molecular formula is C14H17ClN2O. The second-order valence-electron chi connectivity index (χ2n) is 4.44. The number of hydrogen-bond donors (Lipinski definition) is 1. The molecule has 0 spiro atoms. The zero-order valence-electron chi connectivity index (χ0n) is 10.9. The van der Waals surface area contributed by atoms with Crippen LogP contribution in [0.15, 0.2) is 18.2 Å². The Kier molecular flexibility index (Phi) is 3.92. The van der Waals surface area contributed by atoms with Gasteiger partial charge in [-0.05, 0) is 44.0 Å². The maximum absolute atomic E-state index is 6.11. The molecular weight excluding hydrogens is 248 g/mol. The van der Waals surface area contributed by atoms with Gasteiger partial charge in [-0.1, -0.05) is 17.7 Å².